The molecule has 0 spiro atoms. The maximum atomic E-state index is 13.2. The molecule has 0 radical (unpaired) electrons. The summed E-state index contributed by atoms with van der Waals surface area (Å²) in [7, 11) is 4.52. The number of anilines is 1. The lowest BCUT2D eigenvalue weighted by atomic mass is 9.97. The molecule has 4 aromatic rings. The van der Waals surface area contributed by atoms with Crippen LogP contribution in [0, 0.1) is 0 Å². The number of aromatic nitrogens is 2. The van der Waals surface area contributed by atoms with Crippen molar-refractivity contribution in [3.8, 4) is 17.2 Å². The molecule has 2 aromatic heterocycles. The van der Waals surface area contributed by atoms with E-state index in [4.69, 9.17) is 14.2 Å². The number of halogens is 3. The van der Waals surface area contributed by atoms with Gasteiger partial charge in [-0.3, -0.25) is 4.79 Å². The first-order chi connectivity index (χ1) is 17.2. The van der Waals surface area contributed by atoms with E-state index in [0.29, 0.717) is 56.8 Å². The fourth-order valence-corrected chi connectivity index (χ4v) is 4.28. The molecule has 0 unspecified atom stereocenters. The Balaban J connectivity index is 1.95. The predicted octanol–water partition coefficient (Wildman–Crippen LogP) is 5.23. The second kappa shape index (κ2) is 9.96. The number of hydrogen-bond donors (Lipinski definition) is 2. The number of ether oxygens (including phenoxy) is 3. The van der Waals surface area contributed by atoms with E-state index < -0.39 is 12.7 Å². The van der Waals surface area contributed by atoms with Crippen LogP contribution in [0.1, 0.15) is 23.7 Å². The second-order valence-corrected chi connectivity index (χ2v) is 8.19. The van der Waals surface area contributed by atoms with Gasteiger partial charge in [0.15, 0.2) is 11.5 Å². The lowest BCUT2D eigenvalue weighted by Crippen LogP contribution is -2.23. The largest absolute Gasteiger partial charge is 0.496 e. The summed E-state index contributed by atoms with van der Waals surface area (Å²) in [5.74, 6) is 1.51. The first-order valence-electron chi connectivity index (χ1n) is 11.3. The zero-order valence-electron chi connectivity index (χ0n) is 20.3. The second-order valence-electron chi connectivity index (χ2n) is 8.19. The molecule has 2 heterocycles. The van der Waals surface area contributed by atoms with Crippen LogP contribution < -0.4 is 25.1 Å². The molecular weight excluding hydrogens is 475 g/mol. The minimum Gasteiger partial charge on any atom is -0.496 e. The molecule has 0 bridgehead atoms. The summed E-state index contributed by atoms with van der Waals surface area (Å²) >= 11 is 0. The number of rotatable bonds is 8. The number of alkyl halides is 3. The molecule has 2 N–H and O–H groups in total. The SMILES string of the molecule is CCc1[nH]c(=O)c(Cc2cc3c(OC)cccc3nc2NCC(F)(F)F)c2cc(OC)c(OC)cc12. The summed E-state index contributed by atoms with van der Waals surface area (Å²) in [6, 6.07) is 10.4. The van der Waals surface area contributed by atoms with Crippen LogP contribution in [0.25, 0.3) is 21.7 Å². The van der Waals surface area contributed by atoms with Gasteiger partial charge >= 0.3 is 6.18 Å². The molecule has 0 fully saturated rings. The highest BCUT2D eigenvalue weighted by atomic mass is 19.4. The summed E-state index contributed by atoms with van der Waals surface area (Å²) in [5.41, 5.74) is 1.63. The average Bonchev–Trinajstić information content (AvgIpc) is 2.86. The highest BCUT2D eigenvalue weighted by Crippen LogP contribution is 2.36. The van der Waals surface area contributed by atoms with Crippen molar-refractivity contribution in [2.75, 3.05) is 33.2 Å². The third-order valence-electron chi connectivity index (χ3n) is 6.01. The number of hydrogen-bond acceptors (Lipinski definition) is 6. The van der Waals surface area contributed by atoms with E-state index in [9.17, 15) is 18.0 Å². The Morgan fingerprint density at radius 2 is 1.61 bits per heavy atom. The maximum Gasteiger partial charge on any atom is 0.405 e. The summed E-state index contributed by atoms with van der Waals surface area (Å²) in [6.07, 6.45) is -3.86. The number of nitrogens with one attached hydrogen (secondary N) is 2. The van der Waals surface area contributed by atoms with Crippen molar-refractivity contribution in [2.45, 2.75) is 25.9 Å². The van der Waals surface area contributed by atoms with Crippen molar-refractivity contribution in [1.82, 2.24) is 9.97 Å². The number of aromatic amines is 1. The van der Waals surface area contributed by atoms with Gasteiger partial charge in [-0.25, -0.2) is 4.98 Å². The van der Waals surface area contributed by atoms with Gasteiger partial charge in [0.25, 0.3) is 5.56 Å². The summed E-state index contributed by atoms with van der Waals surface area (Å²) in [6.45, 7) is 0.652. The molecule has 0 aliphatic carbocycles. The van der Waals surface area contributed by atoms with Gasteiger partial charge in [-0.1, -0.05) is 13.0 Å². The molecule has 7 nitrogen and oxygen atoms in total. The van der Waals surface area contributed by atoms with Crippen molar-refractivity contribution in [1.29, 1.82) is 0 Å². The van der Waals surface area contributed by atoms with Crippen molar-refractivity contribution in [3.63, 3.8) is 0 Å². The van der Waals surface area contributed by atoms with Crippen LogP contribution in [-0.4, -0.2) is 44.0 Å². The Kier molecular flexibility index (Phi) is 6.96. The Labute approximate surface area is 205 Å². The van der Waals surface area contributed by atoms with Gasteiger partial charge in [-0.15, -0.1) is 0 Å². The monoisotopic (exact) mass is 501 g/mol. The van der Waals surface area contributed by atoms with Crippen LogP contribution in [-0.2, 0) is 12.8 Å². The van der Waals surface area contributed by atoms with Crippen LogP contribution in [0.3, 0.4) is 0 Å². The quantitative estimate of drug-likeness (QED) is 0.344. The normalized spacial score (nSPS) is 11.6. The van der Waals surface area contributed by atoms with E-state index in [0.717, 1.165) is 5.39 Å². The molecule has 0 saturated carbocycles. The summed E-state index contributed by atoms with van der Waals surface area (Å²) < 4.78 is 55.5. The number of H-pyrrole nitrogens is 1. The van der Waals surface area contributed by atoms with Gasteiger partial charge < -0.3 is 24.5 Å². The number of benzene rings is 2. The summed E-state index contributed by atoms with van der Waals surface area (Å²) in [4.78, 5) is 20.6. The Morgan fingerprint density at radius 1 is 0.944 bits per heavy atom. The smallest absolute Gasteiger partial charge is 0.405 e. The Bertz CT molecular complexity index is 1480. The molecule has 2 aromatic carbocycles. The van der Waals surface area contributed by atoms with Gasteiger partial charge in [-0.2, -0.15) is 13.2 Å². The average molecular weight is 502 g/mol. The molecule has 0 saturated heterocycles. The van der Waals surface area contributed by atoms with E-state index in [1.165, 1.54) is 21.3 Å². The van der Waals surface area contributed by atoms with E-state index in [1.54, 1.807) is 36.4 Å². The van der Waals surface area contributed by atoms with E-state index in [2.05, 4.69) is 15.3 Å². The lowest BCUT2D eigenvalue weighted by Gasteiger charge is -2.17. The summed E-state index contributed by atoms with van der Waals surface area (Å²) in [5, 5.41) is 4.41. The minimum atomic E-state index is -4.45. The molecule has 4 rings (SSSR count). The van der Waals surface area contributed by atoms with Crippen molar-refractivity contribution in [2.24, 2.45) is 0 Å². The fraction of sp³-hybridized carbons (Fsp3) is 0.308. The third kappa shape index (κ3) is 4.89. The van der Waals surface area contributed by atoms with Crippen molar-refractivity contribution < 1.29 is 27.4 Å². The van der Waals surface area contributed by atoms with Gasteiger partial charge in [0.1, 0.15) is 18.1 Å². The minimum absolute atomic E-state index is 0.0203. The molecule has 0 atom stereocenters. The van der Waals surface area contributed by atoms with Crippen LogP contribution in [0.4, 0.5) is 19.0 Å². The molecule has 0 aliphatic rings. The first-order valence-corrected chi connectivity index (χ1v) is 11.3. The van der Waals surface area contributed by atoms with Gasteiger partial charge in [0.05, 0.1) is 26.8 Å². The van der Waals surface area contributed by atoms with Crippen LogP contribution in [0.5, 0.6) is 17.2 Å². The predicted molar refractivity (Wildman–Crippen MR) is 133 cm³/mol. The van der Waals surface area contributed by atoms with Gasteiger partial charge in [0, 0.05) is 28.5 Å². The van der Waals surface area contributed by atoms with Gasteiger partial charge in [0.2, 0.25) is 0 Å². The number of methoxy groups -OCH3 is 3. The number of nitrogens with zero attached hydrogens (tertiary/aromatic N) is 1. The maximum absolute atomic E-state index is 13.2. The number of pyridine rings is 2. The fourth-order valence-electron chi connectivity index (χ4n) is 4.28. The van der Waals surface area contributed by atoms with Gasteiger partial charge in [-0.05, 0) is 47.7 Å². The molecule has 0 amide bonds. The Hall–Kier alpha value is -3.95. The molecule has 0 aliphatic heterocycles. The van der Waals surface area contributed by atoms with Crippen molar-refractivity contribution in [3.05, 3.63) is 63.6 Å². The van der Waals surface area contributed by atoms with Crippen molar-refractivity contribution >= 4 is 27.5 Å². The highest BCUT2D eigenvalue weighted by molar-refractivity contribution is 5.92. The Morgan fingerprint density at radius 3 is 2.22 bits per heavy atom. The van der Waals surface area contributed by atoms with Crippen LogP contribution >= 0.6 is 0 Å². The third-order valence-corrected chi connectivity index (χ3v) is 6.01. The zero-order chi connectivity index (χ0) is 26.0. The molecule has 36 heavy (non-hydrogen) atoms. The zero-order valence-corrected chi connectivity index (χ0v) is 20.3. The highest BCUT2D eigenvalue weighted by Gasteiger charge is 2.28. The van der Waals surface area contributed by atoms with Crippen LogP contribution in [0.15, 0.2) is 41.2 Å². The van der Waals surface area contributed by atoms with Crippen LogP contribution in [0.2, 0.25) is 0 Å². The number of fused-ring (bicyclic) bond motifs is 2. The topological polar surface area (TPSA) is 85.5 Å². The first kappa shape index (κ1) is 25.2. The standard InChI is InChI=1S/C26H26F3N3O4/c1-5-19-16-12-23(36-4)22(35-3)11-15(16)17(25(33)32-19)9-14-10-18-20(7-6-8-21(18)34-2)31-24(14)30-13-26(27,28)29/h6-8,10-12H,5,9,13H2,1-4H3,(H,30,31)(H,32,33). The van der Waals surface area contributed by atoms with E-state index in [1.807, 2.05) is 6.92 Å². The van der Waals surface area contributed by atoms with E-state index in [-0.39, 0.29) is 17.8 Å². The molecular formula is C26H26F3N3O4. The van der Waals surface area contributed by atoms with E-state index >= 15 is 0 Å². The molecule has 10 heteroatoms. The number of aryl methyl sites for hydroxylation is 1. The lowest BCUT2D eigenvalue weighted by molar-refractivity contribution is -0.115. The molecule has 190 valence electrons.